The summed E-state index contributed by atoms with van der Waals surface area (Å²) in [6.07, 6.45) is -2.31. The van der Waals surface area contributed by atoms with Crippen molar-refractivity contribution in [3.05, 3.63) is 22.6 Å². The van der Waals surface area contributed by atoms with Crippen LogP contribution in [0.2, 0.25) is 0 Å². The van der Waals surface area contributed by atoms with Gasteiger partial charge in [-0.25, -0.2) is 8.78 Å². The first-order chi connectivity index (χ1) is 8.88. The smallest absolute Gasteiger partial charge is 0.330 e. The Hall–Kier alpha value is -0.600. The quantitative estimate of drug-likeness (QED) is 0.729. The molecule has 1 heterocycles. The molecule has 0 aliphatic rings. The van der Waals surface area contributed by atoms with Crippen LogP contribution in [0.5, 0.6) is 0 Å². The summed E-state index contributed by atoms with van der Waals surface area (Å²) in [5, 5.41) is 2.96. The van der Waals surface area contributed by atoms with Gasteiger partial charge in [0, 0.05) is 0 Å². The molecule has 1 unspecified atom stereocenters. The number of halogens is 5. The predicted molar refractivity (Wildman–Crippen MR) is 64.6 cm³/mol. The van der Waals surface area contributed by atoms with Gasteiger partial charge in [-0.2, -0.15) is 8.78 Å². The Morgan fingerprint density at radius 3 is 2.63 bits per heavy atom. The van der Waals surface area contributed by atoms with Crippen molar-refractivity contribution < 1.29 is 26.7 Å². The summed E-state index contributed by atoms with van der Waals surface area (Å²) >= 11 is 3.23. The van der Waals surface area contributed by atoms with Crippen LogP contribution in [0.15, 0.2) is 21.2 Å². The van der Waals surface area contributed by atoms with Gasteiger partial charge in [-0.3, -0.25) is 0 Å². The Balaban J connectivity index is 2.54. The average molecular weight is 348 g/mol. The number of nitrogens with one attached hydrogen (secondary N) is 1. The zero-order valence-corrected chi connectivity index (χ0v) is 11.7. The molecule has 1 aromatic heterocycles. The third-order valence-electron chi connectivity index (χ3n) is 2.31. The molecule has 0 bridgehead atoms. The highest BCUT2D eigenvalue weighted by Gasteiger charge is 2.41. The average Bonchev–Trinajstić information content (AvgIpc) is 2.74. The first-order valence-corrected chi connectivity index (χ1v) is 6.37. The molecular weight excluding hydrogens is 334 g/mol. The number of furan rings is 1. The Labute approximate surface area is 116 Å². The lowest BCUT2D eigenvalue weighted by molar-refractivity contribution is -0.167. The topological polar surface area (TPSA) is 34.4 Å². The lowest BCUT2D eigenvalue weighted by Gasteiger charge is -2.19. The monoisotopic (exact) mass is 347 g/mol. The van der Waals surface area contributed by atoms with E-state index in [2.05, 4.69) is 26.0 Å². The fourth-order valence-electron chi connectivity index (χ4n) is 1.40. The molecule has 0 amide bonds. The molecule has 110 valence electrons. The summed E-state index contributed by atoms with van der Waals surface area (Å²) < 4.78 is 59.8. The van der Waals surface area contributed by atoms with E-state index >= 15 is 0 Å². The van der Waals surface area contributed by atoms with Gasteiger partial charge in [0.2, 0.25) is 0 Å². The molecule has 0 aromatic carbocycles. The molecule has 1 aromatic rings. The molecule has 1 N–H and O–H groups in total. The van der Waals surface area contributed by atoms with Gasteiger partial charge in [0.1, 0.15) is 12.4 Å². The zero-order valence-electron chi connectivity index (χ0n) is 10.1. The SMILES string of the molecule is CCNC(COCC(F)(F)C(F)F)c1occc1Br. The van der Waals surface area contributed by atoms with Crippen LogP contribution < -0.4 is 5.32 Å². The van der Waals surface area contributed by atoms with Crippen LogP contribution in [0.3, 0.4) is 0 Å². The van der Waals surface area contributed by atoms with Gasteiger partial charge in [0.05, 0.1) is 23.4 Å². The van der Waals surface area contributed by atoms with E-state index in [0.717, 1.165) is 0 Å². The molecule has 0 spiro atoms. The van der Waals surface area contributed by atoms with Gasteiger partial charge in [-0.1, -0.05) is 6.92 Å². The number of hydrogen-bond donors (Lipinski definition) is 1. The van der Waals surface area contributed by atoms with Crippen molar-refractivity contribution in [2.45, 2.75) is 25.3 Å². The minimum absolute atomic E-state index is 0.192. The van der Waals surface area contributed by atoms with Gasteiger partial charge in [0.25, 0.3) is 0 Å². The van der Waals surface area contributed by atoms with Crippen LogP contribution in [-0.4, -0.2) is 32.1 Å². The highest BCUT2D eigenvalue weighted by Crippen LogP contribution is 2.26. The molecule has 0 saturated carbocycles. The molecular formula is C11H14BrF4NO2. The summed E-state index contributed by atoms with van der Waals surface area (Å²) in [5.41, 5.74) is 0. The summed E-state index contributed by atoms with van der Waals surface area (Å²) in [6, 6.07) is 1.16. The summed E-state index contributed by atoms with van der Waals surface area (Å²) in [5.74, 6) is -3.67. The molecule has 19 heavy (non-hydrogen) atoms. The third-order valence-corrected chi connectivity index (χ3v) is 2.97. The lowest BCUT2D eigenvalue weighted by atomic mass is 10.2. The maximum Gasteiger partial charge on any atom is 0.330 e. The minimum Gasteiger partial charge on any atom is -0.466 e. The van der Waals surface area contributed by atoms with Crippen LogP contribution in [0.1, 0.15) is 18.7 Å². The number of likely N-dealkylation sites (N-methyl/N-ethyl adjacent to an activating group) is 1. The van der Waals surface area contributed by atoms with Crippen molar-refractivity contribution in [3.63, 3.8) is 0 Å². The molecule has 8 heteroatoms. The van der Waals surface area contributed by atoms with Crippen molar-refractivity contribution >= 4 is 15.9 Å². The molecule has 0 fully saturated rings. The van der Waals surface area contributed by atoms with E-state index < -0.39 is 25.0 Å². The first kappa shape index (κ1) is 16.5. The molecule has 1 atom stereocenters. The van der Waals surface area contributed by atoms with Gasteiger partial charge in [-0.05, 0) is 28.5 Å². The largest absolute Gasteiger partial charge is 0.466 e. The second-order valence-electron chi connectivity index (χ2n) is 3.82. The van der Waals surface area contributed by atoms with Crippen molar-refractivity contribution in [2.75, 3.05) is 19.8 Å². The maximum absolute atomic E-state index is 12.7. The Morgan fingerprint density at radius 2 is 2.16 bits per heavy atom. The molecule has 0 aliphatic carbocycles. The number of ether oxygens (including phenoxy) is 1. The van der Waals surface area contributed by atoms with Gasteiger partial charge >= 0.3 is 12.3 Å². The lowest BCUT2D eigenvalue weighted by Crippen LogP contribution is -2.34. The van der Waals surface area contributed by atoms with Crippen molar-refractivity contribution in [1.82, 2.24) is 5.32 Å². The molecule has 0 saturated heterocycles. The van der Waals surface area contributed by atoms with Crippen LogP contribution in [0.4, 0.5) is 17.6 Å². The summed E-state index contributed by atoms with van der Waals surface area (Å²) in [6.45, 7) is 0.844. The molecule has 0 radical (unpaired) electrons. The van der Waals surface area contributed by atoms with Crippen LogP contribution in [0, 0.1) is 0 Å². The predicted octanol–water partition coefficient (Wildman–Crippen LogP) is 3.61. The molecule has 0 aliphatic heterocycles. The minimum atomic E-state index is -4.14. The second-order valence-corrected chi connectivity index (χ2v) is 4.67. The van der Waals surface area contributed by atoms with E-state index in [1.807, 2.05) is 6.92 Å². The van der Waals surface area contributed by atoms with Crippen LogP contribution in [-0.2, 0) is 4.74 Å². The highest BCUT2D eigenvalue weighted by atomic mass is 79.9. The summed E-state index contributed by atoms with van der Waals surface area (Å²) in [7, 11) is 0. The highest BCUT2D eigenvalue weighted by molar-refractivity contribution is 9.10. The van der Waals surface area contributed by atoms with Crippen molar-refractivity contribution in [2.24, 2.45) is 0 Å². The van der Waals surface area contributed by atoms with E-state index in [-0.39, 0.29) is 6.61 Å². The van der Waals surface area contributed by atoms with E-state index in [0.29, 0.717) is 16.8 Å². The fraction of sp³-hybridized carbons (Fsp3) is 0.636. The number of alkyl halides is 4. The third kappa shape index (κ3) is 4.77. The first-order valence-electron chi connectivity index (χ1n) is 5.58. The van der Waals surface area contributed by atoms with Crippen LogP contribution in [0.25, 0.3) is 0 Å². The van der Waals surface area contributed by atoms with E-state index in [4.69, 9.17) is 4.42 Å². The maximum atomic E-state index is 12.7. The second kappa shape index (κ2) is 7.25. The Kier molecular flexibility index (Phi) is 6.28. The van der Waals surface area contributed by atoms with Gasteiger partial charge in [0.15, 0.2) is 0 Å². The van der Waals surface area contributed by atoms with Gasteiger partial charge in [-0.15, -0.1) is 0 Å². The molecule has 1 rings (SSSR count). The normalized spacial score (nSPS) is 14.1. The van der Waals surface area contributed by atoms with E-state index in [1.54, 1.807) is 6.07 Å². The fourth-order valence-corrected chi connectivity index (χ4v) is 1.88. The summed E-state index contributed by atoms with van der Waals surface area (Å²) in [4.78, 5) is 0. The van der Waals surface area contributed by atoms with Crippen LogP contribution >= 0.6 is 15.9 Å². The Morgan fingerprint density at radius 1 is 1.47 bits per heavy atom. The van der Waals surface area contributed by atoms with Gasteiger partial charge < -0.3 is 14.5 Å². The Bertz CT molecular complexity index is 387. The van der Waals surface area contributed by atoms with Crippen molar-refractivity contribution in [1.29, 1.82) is 0 Å². The molecule has 3 nitrogen and oxygen atoms in total. The standard InChI is InChI=1S/C11H14BrF4NO2/c1-2-17-8(9-7(12)3-4-19-9)5-18-6-11(15,16)10(13)14/h3-4,8,10,17H,2,5-6H2,1H3. The van der Waals surface area contributed by atoms with E-state index in [9.17, 15) is 17.6 Å². The van der Waals surface area contributed by atoms with Crippen molar-refractivity contribution in [3.8, 4) is 0 Å². The zero-order chi connectivity index (χ0) is 14.5. The number of hydrogen-bond acceptors (Lipinski definition) is 3. The number of rotatable bonds is 8. The van der Waals surface area contributed by atoms with E-state index in [1.165, 1.54) is 6.26 Å².